The molecule has 0 saturated heterocycles. The van der Waals surface area contributed by atoms with E-state index in [1.165, 1.54) is 4.31 Å². The van der Waals surface area contributed by atoms with Gasteiger partial charge in [-0.3, -0.25) is 9.10 Å². The molecule has 7 heteroatoms. The highest BCUT2D eigenvalue weighted by Gasteiger charge is 2.31. The molecule has 1 N–H and O–H groups in total. The number of halogens is 1. The summed E-state index contributed by atoms with van der Waals surface area (Å²) in [5, 5.41) is 3.59. The monoisotopic (exact) mass is 436 g/mol. The molecule has 0 aromatic heterocycles. The lowest BCUT2D eigenvalue weighted by Crippen LogP contribution is -2.49. The Hall–Kier alpha value is -2.05. The van der Waals surface area contributed by atoms with Crippen molar-refractivity contribution < 1.29 is 13.2 Å². The van der Waals surface area contributed by atoms with E-state index in [9.17, 15) is 13.2 Å². The Morgan fingerprint density at radius 1 is 1.10 bits per heavy atom. The first-order valence-corrected chi connectivity index (χ1v) is 11.9. The maximum absolute atomic E-state index is 12.8. The second-order valence-corrected chi connectivity index (χ2v) is 9.57. The van der Waals surface area contributed by atoms with Crippen molar-refractivity contribution in [3.63, 3.8) is 0 Å². The molecule has 0 heterocycles. The minimum Gasteiger partial charge on any atom is -0.354 e. The molecule has 2 rings (SSSR count). The van der Waals surface area contributed by atoms with Crippen LogP contribution in [0.15, 0.2) is 42.5 Å². The second-order valence-electron chi connectivity index (χ2n) is 7.27. The zero-order valence-electron chi connectivity index (χ0n) is 17.4. The third-order valence-electron chi connectivity index (χ3n) is 4.93. The maximum Gasteiger partial charge on any atom is 0.243 e. The molecule has 1 atom stereocenters. The van der Waals surface area contributed by atoms with Crippen molar-refractivity contribution in [1.29, 1.82) is 0 Å². The standard InChI is InChI=1S/C22H29ClN2O3S/c1-5-21(22(26)24-14-6-7-18-9-11-19(23)12-10-18)25(29(4,27)28)20-13-8-16(2)17(3)15-20/h8-13,15,21H,5-7,14H2,1-4H3,(H,24,26)/t21-/m0/s1. The minimum absolute atomic E-state index is 0.285. The highest BCUT2D eigenvalue weighted by molar-refractivity contribution is 7.92. The van der Waals surface area contributed by atoms with E-state index < -0.39 is 16.1 Å². The summed E-state index contributed by atoms with van der Waals surface area (Å²) < 4.78 is 26.3. The number of rotatable bonds is 9. The first-order chi connectivity index (χ1) is 13.6. The first-order valence-electron chi connectivity index (χ1n) is 9.72. The van der Waals surface area contributed by atoms with Crippen LogP contribution >= 0.6 is 11.6 Å². The van der Waals surface area contributed by atoms with Crippen molar-refractivity contribution in [2.45, 2.75) is 46.1 Å². The highest BCUT2D eigenvalue weighted by Crippen LogP contribution is 2.25. The molecule has 0 bridgehead atoms. The van der Waals surface area contributed by atoms with Crippen LogP contribution in [-0.2, 0) is 21.2 Å². The zero-order valence-corrected chi connectivity index (χ0v) is 19.0. The van der Waals surface area contributed by atoms with E-state index in [-0.39, 0.29) is 5.91 Å². The van der Waals surface area contributed by atoms with E-state index in [1.807, 2.05) is 57.2 Å². The van der Waals surface area contributed by atoms with Crippen molar-refractivity contribution in [1.82, 2.24) is 5.32 Å². The van der Waals surface area contributed by atoms with Gasteiger partial charge in [0.1, 0.15) is 6.04 Å². The van der Waals surface area contributed by atoms with Crippen LogP contribution in [0.3, 0.4) is 0 Å². The van der Waals surface area contributed by atoms with Crippen molar-refractivity contribution in [3.05, 3.63) is 64.2 Å². The van der Waals surface area contributed by atoms with Gasteiger partial charge < -0.3 is 5.32 Å². The highest BCUT2D eigenvalue weighted by atomic mass is 35.5. The largest absolute Gasteiger partial charge is 0.354 e. The number of anilines is 1. The quantitative estimate of drug-likeness (QED) is 0.597. The molecular formula is C22H29ClN2O3S. The molecular weight excluding hydrogens is 408 g/mol. The predicted molar refractivity (Wildman–Crippen MR) is 120 cm³/mol. The van der Waals surface area contributed by atoms with Gasteiger partial charge in [0, 0.05) is 11.6 Å². The number of nitrogens with one attached hydrogen (secondary N) is 1. The van der Waals surface area contributed by atoms with Gasteiger partial charge in [0.05, 0.1) is 11.9 Å². The number of carbonyl (C=O) groups is 1. The van der Waals surface area contributed by atoms with Gasteiger partial charge in [-0.15, -0.1) is 0 Å². The van der Waals surface area contributed by atoms with Gasteiger partial charge in [-0.25, -0.2) is 8.42 Å². The molecule has 0 aliphatic carbocycles. The average molecular weight is 437 g/mol. The van der Waals surface area contributed by atoms with Gasteiger partial charge in [0.25, 0.3) is 0 Å². The summed E-state index contributed by atoms with van der Waals surface area (Å²) in [7, 11) is -3.62. The Bertz CT molecular complexity index is 943. The summed E-state index contributed by atoms with van der Waals surface area (Å²) >= 11 is 5.89. The van der Waals surface area contributed by atoms with Gasteiger partial charge >= 0.3 is 0 Å². The molecule has 0 aliphatic rings. The molecule has 0 saturated carbocycles. The van der Waals surface area contributed by atoms with Gasteiger partial charge in [-0.05, 0) is 74.1 Å². The van der Waals surface area contributed by atoms with E-state index in [0.29, 0.717) is 23.7 Å². The van der Waals surface area contributed by atoms with Crippen molar-refractivity contribution in [2.24, 2.45) is 0 Å². The predicted octanol–water partition coefficient (Wildman–Crippen LogP) is 4.25. The van der Waals surface area contributed by atoms with Crippen LogP contribution in [0.5, 0.6) is 0 Å². The fraction of sp³-hybridized carbons (Fsp3) is 0.409. The van der Waals surface area contributed by atoms with E-state index in [2.05, 4.69) is 5.32 Å². The zero-order chi connectivity index (χ0) is 21.6. The molecule has 5 nitrogen and oxygen atoms in total. The first kappa shape index (κ1) is 23.2. The lowest BCUT2D eigenvalue weighted by Gasteiger charge is -2.30. The van der Waals surface area contributed by atoms with E-state index in [1.54, 1.807) is 6.07 Å². The Morgan fingerprint density at radius 3 is 2.31 bits per heavy atom. The summed E-state index contributed by atoms with van der Waals surface area (Å²) in [5.74, 6) is -0.285. The van der Waals surface area contributed by atoms with Gasteiger partial charge in [0.2, 0.25) is 15.9 Å². The summed E-state index contributed by atoms with van der Waals surface area (Å²) in [4.78, 5) is 12.8. The smallest absolute Gasteiger partial charge is 0.243 e. The summed E-state index contributed by atoms with van der Waals surface area (Å²) in [5.41, 5.74) is 3.71. The van der Waals surface area contributed by atoms with E-state index >= 15 is 0 Å². The fourth-order valence-corrected chi connectivity index (χ4v) is 4.53. The van der Waals surface area contributed by atoms with Crippen LogP contribution in [0.1, 0.15) is 36.5 Å². The number of aryl methyl sites for hydroxylation is 3. The maximum atomic E-state index is 12.8. The number of hydrogen-bond acceptors (Lipinski definition) is 3. The Morgan fingerprint density at radius 2 is 1.76 bits per heavy atom. The number of amides is 1. The fourth-order valence-electron chi connectivity index (χ4n) is 3.20. The average Bonchev–Trinajstić information content (AvgIpc) is 2.66. The third-order valence-corrected chi connectivity index (χ3v) is 6.36. The van der Waals surface area contributed by atoms with E-state index in [4.69, 9.17) is 11.6 Å². The molecule has 0 fully saturated rings. The number of hydrogen-bond donors (Lipinski definition) is 1. The van der Waals surface area contributed by atoms with E-state index in [0.717, 1.165) is 35.8 Å². The van der Waals surface area contributed by atoms with Crippen LogP contribution in [-0.4, -0.2) is 33.2 Å². The summed E-state index contributed by atoms with van der Waals surface area (Å²) in [6, 6.07) is 12.3. The Balaban J connectivity index is 2.07. The van der Waals surface area contributed by atoms with Gasteiger partial charge in [-0.1, -0.05) is 36.7 Å². The van der Waals surface area contributed by atoms with Crippen LogP contribution in [0.25, 0.3) is 0 Å². The normalized spacial score (nSPS) is 12.4. The van der Waals surface area contributed by atoms with Crippen molar-refractivity contribution in [3.8, 4) is 0 Å². The lowest BCUT2D eigenvalue weighted by molar-refractivity contribution is -0.122. The van der Waals surface area contributed by atoms with Gasteiger partial charge in [-0.2, -0.15) is 0 Å². The SMILES string of the molecule is CC[C@@H](C(=O)NCCCc1ccc(Cl)cc1)N(c1ccc(C)c(C)c1)S(C)(=O)=O. The van der Waals surface area contributed by atoms with Crippen LogP contribution in [0, 0.1) is 13.8 Å². The third kappa shape index (κ3) is 6.47. The number of carbonyl (C=O) groups excluding carboxylic acids is 1. The molecule has 0 spiro atoms. The number of nitrogens with zero attached hydrogens (tertiary/aromatic N) is 1. The molecule has 1 amide bonds. The Labute approximate surface area is 179 Å². The Kier molecular flexibility index (Phi) is 8.11. The molecule has 0 aliphatic heterocycles. The summed E-state index contributed by atoms with van der Waals surface area (Å²) in [6.45, 7) is 6.19. The van der Waals surface area contributed by atoms with Gasteiger partial charge in [0.15, 0.2) is 0 Å². The number of sulfonamides is 1. The number of benzene rings is 2. The molecule has 0 unspecified atom stereocenters. The summed E-state index contributed by atoms with van der Waals surface area (Å²) in [6.07, 6.45) is 3.08. The topological polar surface area (TPSA) is 66.5 Å². The minimum atomic E-state index is -3.62. The molecule has 158 valence electrons. The second kappa shape index (κ2) is 10.1. The van der Waals surface area contributed by atoms with Crippen LogP contribution in [0.4, 0.5) is 5.69 Å². The van der Waals surface area contributed by atoms with Crippen molar-refractivity contribution in [2.75, 3.05) is 17.1 Å². The van der Waals surface area contributed by atoms with Crippen LogP contribution in [0.2, 0.25) is 5.02 Å². The van der Waals surface area contributed by atoms with Crippen LogP contribution < -0.4 is 9.62 Å². The molecule has 2 aromatic carbocycles. The molecule has 29 heavy (non-hydrogen) atoms. The molecule has 0 radical (unpaired) electrons. The van der Waals surface area contributed by atoms with Crippen molar-refractivity contribution >= 4 is 33.2 Å². The lowest BCUT2D eigenvalue weighted by atomic mass is 10.1. The molecule has 2 aromatic rings.